The van der Waals surface area contributed by atoms with Crippen molar-refractivity contribution in [1.29, 1.82) is 0 Å². The van der Waals surface area contributed by atoms with Crippen molar-refractivity contribution in [2.75, 3.05) is 45.3 Å². The number of para-hydroxylation sites is 2. The molecule has 2 aromatic carbocycles. The Labute approximate surface area is 207 Å². The standard InChI is InChI=1S/C27H35N3O5/c1-4-21-18-30(23-7-5-6-8-25(23)35-21)27(32)29-15-12-19(13-16-29)26(31)28-14-11-20-17-22(33-2)9-10-24(20)34-3/h5-10,17,19,21H,4,11-16,18H2,1-3H3,(H,28,31). The third-order valence-electron chi connectivity index (χ3n) is 6.84. The molecule has 1 fully saturated rings. The largest absolute Gasteiger partial charge is 0.497 e. The van der Waals surface area contributed by atoms with Gasteiger partial charge in [-0.2, -0.15) is 0 Å². The molecule has 0 aromatic heterocycles. The van der Waals surface area contributed by atoms with Crippen LogP contribution in [0.1, 0.15) is 31.7 Å². The predicted molar refractivity (Wildman–Crippen MR) is 134 cm³/mol. The predicted octanol–water partition coefficient (Wildman–Crippen LogP) is 3.87. The maximum absolute atomic E-state index is 13.4. The lowest BCUT2D eigenvalue weighted by Crippen LogP contribution is -2.52. The van der Waals surface area contributed by atoms with Crippen LogP contribution in [0.5, 0.6) is 17.2 Å². The summed E-state index contributed by atoms with van der Waals surface area (Å²) in [7, 11) is 3.27. The lowest BCUT2D eigenvalue weighted by atomic mass is 9.96. The lowest BCUT2D eigenvalue weighted by molar-refractivity contribution is -0.126. The number of nitrogens with one attached hydrogen (secondary N) is 1. The first-order valence-corrected chi connectivity index (χ1v) is 12.3. The van der Waals surface area contributed by atoms with Crippen molar-refractivity contribution < 1.29 is 23.8 Å². The third kappa shape index (κ3) is 5.63. The van der Waals surface area contributed by atoms with Gasteiger partial charge in [0.25, 0.3) is 0 Å². The number of hydrogen-bond acceptors (Lipinski definition) is 5. The maximum atomic E-state index is 13.4. The Kier molecular flexibility index (Phi) is 8.00. The first-order chi connectivity index (χ1) is 17.0. The second-order valence-corrected chi connectivity index (χ2v) is 8.99. The zero-order valence-corrected chi connectivity index (χ0v) is 20.8. The Morgan fingerprint density at radius 2 is 1.86 bits per heavy atom. The van der Waals surface area contributed by atoms with Crippen LogP contribution in [0.3, 0.4) is 0 Å². The van der Waals surface area contributed by atoms with E-state index in [0.29, 0.717) is 45.4 Å². The number of hydrogen-bond donors (Lipinski definition) is 1. The van der Waals surface area contributed by atoms with Crippen molar-refractivity contribution in [3.05, 3.63) is 48.0 Å². The average Bonchev–Trinajstić information content (AvgIpc) is 2.91. The highest BCUT2D eigenvalue weighted by molar-refractivity contribution is 5.94. The molecule has 8 heteroatoms. The van der Waals surface area contributed by atoms with E-state index in [9.17, 15) is 9.59 Å². The zero-order chi connectivity index (χ0) is 24.8. The molecule has 2 aliphatic heterocycles. The van der Waals surface area contributed by atoms with Crippen LogP contribution in [0.25, 0.3) is 0 Å². The van der Waals surface area contributed by atoms with E-state index in [1.54, 1.807) is 14.2 Å². The molecule has 4 rings (SSSR count). The summed E-state index contributed by atoms with van der Waals surface area (Å²) in [6.07, 6.45) is 2.79. The summed E-state index contributed by atoms with van der Waals surface area (Å²) in [5, 5.41) is 3.06. The van der Waals surface area contributed by atoms with Crippen molar-refractivity contribution in [2.45, 2.75) is 38.7 Å². The number of ether oxygens (including phenoxy) is 3. The number of likely N-dealkylation sites (tertiary alicyclic amines) is 1. The number of rotatable bonds is 7. The fourth-order valence-corrected chi connectivity index (χ4v) is 4.74. The molecule has 1 N–H and O–H groups in total. The smallest absolute Gasteiger partial charge is 0.324 e. The SMILES string of the molecule is CCC1CN(C(=O)N2CCC(C(=O)NCCc3cc(OC)ccc3OC)CC2)c2ccccc2O1. The summed E-state index contributed by atoms with van der Waals surface area (Å²) >= 11 is 0. The fourth-order valence-electron chi connectivity index (χ4n) is 4.74. The average molecular weight is 482 g/mol. The van der Waals surface area contributed by atoms with E-state index in [-0.39, 0.29) is 24.0 Å². The summed E-state index contributed by atoms with van der Waals surface area (Å²) < 4.78 is 16.7. The van der Waals surface area contributed by atoms with Crippen LogP contribution in [0.15, 0.2) is 42.5 Å². The van der Waals surface area contributed by atoms with E-state index < -0.39 is 0 Å². The second kappa shape index (κ2) is 11.3. The quantitative estimate of drug-likeness (QED) is 0.649. The number of urea groups is 1. The van der Waals surface area contributed by atoms with Crippen LogP contribution in [0.2, 0.25) is 0 Å². The molecule has 35 heavy (non-hydrogen) atoms. The monoisotopic (exact) mass is 481 g/mol. The molecule has 1 atom stereocenters. The van der Waals surface area contributed by atoms with Crippen molar-refractivity contribution in [3.63, 3.8) is 0 Å². The molecule has 188 valence electrons. The number of methoxy groups -OCH3 is 2. The molecule has 0 bridgehead atoms. The molecule has 1 unspecified atom stereocenters. The first-order valence-electron chi connectivity index (χ1n) is 12.3. The first kappa shape index (κ1) is 24.7. The highest BCUT2D eigenvalue weighted by atomic mass is 16.5. The van der Waals surface area contributed by atoms with Gasteiger partial charge < -0.3 is 24.4 Å². The van der Waals surface area contributed by atoms with Crippen LogP contribution < -0.4 is 24.4 Å². The summed E-state index contributed by atoms with van der Waals surface area (Å²) in [5.74, 6) is 2.24. The lowest BCUT2D eigenvalue weighted by Gasteiger charge is -2.39. The van der Waals surface area contributed by atoms with Crippen LogP contribution in [0, 0.1) is 5.92 Å². The maximum Gasteiger partial charge on any atom is 0.324 e. The second-order valence-electron chi connectivity index (χ2n) is 8.99. The van der Waals surface area contributed by atoms with Gasteiger partial charge in [-0.3, -0.25) is 9.69 Å². The van der Waals surface area contributed by atoms with Gasteiger partial charge in [-0.15, -0.1) is 0 Å². The van der Waals surface area contributed by atoms with E-state index >= 15 is 0 Å². The topological polar surface area (TPSA) is 80.3 Å². The van der Waals surface area contributed by atoms with E-state index in [4.69, 9.17) is 14.2 Å². The number of carbonyl (C=O) groups excluding carboxylic acids is 2. The van der Waals surface area contributed by atoms with E-state index in [1.807, 2.05) is 52.3 Å². The Balaban J connectivity index is 1.29. The third-order valence-corrected chi connectivity index (χ3v) is 6.84. The minimum absolute atomic E-state index is 0.0109. The minimum Gasteiger partial charge on any atom is -0.497 e. The Bertz CT molecular complexity index is 1040. The number of anilines is 1. The van der Waals surface area contributed by atoms with Crippen molar-refractivity contribution >= 4 is 17.6 Å². The van der Waals surface area contributed by atoms with E-state index in [0.717, 1.165) is 34.9 Å². The Hall–Kier alpha value is -3.42. The number of carbonyl (C=O) groups is 2. The molecule has 2 aromatic rings. The molecule has 0 radical (unpaired) electrons. The van der Waals surface area contributed by atoms with Crippen LogP contribution in [0.4, 0.5) is 10.5 Å². The molecule has 8 nitrogen and oxygen atoms in total. The molecular weight excluding hydrogens is 446 g/mol. The Morgan fingerprint density at radius 3 is 2.57 bits per heavy atom. The number of benzene rings is 2. The van der Waals surface area contributed by atoms with Crippen LogP contribution in [-0.2, 0) is 11.2 Å². The molecule has 0 saturated carbocycles. The molecule has 1 saturated heterocycles. The van der Waals surface area contributed by atoms with Gasteiger partial charge in [-0.1, -0.05) is 19.1 Å². The van der Waals surface area contributed by atoms with Crippen LogP contribution >= 0.6 is 0 Å². The Morgan fingerprint density at radius 1 is 1.09 bits per heavy atom. The number of nitrogens with zero attached hydrogens (tertiary/aromatic N) is 2. The van der Waals surface area contributed by atoms with Gasteiger partial charge in [0, 0.05) is 25.6 Å². The van der Waals surface area contributed by atoms with Gasteiger partial charge >= 0.3 is 6.03 Å². The van der Waals surface area contributed by atoms with Crippen LogP contribution in [-0.4, -0.2) is 63.3 Å². The summed E-state index contributed by atoms with van der Waals surface area (Å²) in [4.78, 5) is 29.9. The van der Waals surface area contributed by atoms with Gasteiger partial charge in [0.2, 0.25) is 5.91 Å². The highest BCUT2D eigenvalue weighted by Crippen LogP contribution is 2.35. The molecule has 2 aliphatic rings. The van der Waals surface area contributed by atoms with Gasteiger partial charge in [-0.05, 0) is 61.6 Å². The van der Waals surface area contributed by atoms with E-state index in [2.05, 4.69) is 12.2 Å². The zero-order valence-electron chi connectivity index (χ0n) is 20.8. The normalized spacial score (nSPS) is 17.9. The van der Waals surface area contributed by atoms with Crippen molar-refractivity contribution in [1.82, 2.24) is 10.2 Å². The summed E-state index contributed by atoms with van der Waals surface area (Å²) in [5.41, 5.74) is 1.80. The van der Waals surface area contributed by atoms with Gasteiger partial charge in [0.1, 0.15) is 23.4 Å². The molecule has 2 heterocycles. The molecule has 0 aliphatic carbocycles. The summed E-state index contributed by atoms with van der Waals surface area (Å²) in [6.45, 7) is 4.26. The number of fused-ring (bicyclic) bond motifs is 1. The highest BCUT2D eigenvalue weighted by Gasteiger charge is 2.34. The minimum atomic E-state index is -0.0911. The van der Waals surface area contributed by atoms with Gasteiger partial charge in [0.15, 0.2) is 0 Å². The fraction of sp³-hybridized carbons (Fsp3) is 0.481. The molecular formula is C27H35N3O5. The summed E-state index contributed by atoms with van der Waals surface area (Å²) in [6, 6.07) is 13.3. The molecule has 3 amide bonds. The van der Waals surface area contributed by atoms with Gasteiger partial charge in [0.05, 0.1) is 26.5 Å². The van der Waals surface area contributed by atoms with Crippen molar-refractivity contribution in [3.8, 4) is 17.2 Å². The van der Waals surface area contributed by atoms with E-state index in [1.165, 1.54) is 0 Å². The van der Waals surface area contributed by atoms with Crippen molar-refractivity contribution in [2.24, 2.45) is 5.92 Å². The number of amides is 3. The van der Waals surface area contributed by atoms with Gasteiger partial charge in [-0.25, -0.2) is 4.79 Å². The number of piperidine rings is 1. The molecule has 0 spiro atoms.